The summed E-state index contributed by atoms with van der Waals surface area (Å²) in [7, 11) is 0. The number of rotatable bonds is 3. The van der Waals surface area contributed by atoms with E-state index in [0.717, 1.165) is 6.29 Å². The second kappa shape index (κ2) is 4.44. The molecule has 1 rings (SSSR count). The van der Waals surface area contributed by atoms with Crippen LogP contribution >= 0.6 is 0 Å². The van der Waals surface area contributed by atoms with E-state index in [4.69, 9.17) is 0 Å². The molecule has 0 heterocycles. The van der Waals surface area contributed by atoms with Gasteiger partial charge in [-0.25, -0.2) is 4.39 Å². The minimum Gasteiger partial charge on any atom is -0.303 e. The summed E-state index contributed by atoms with van der Waals surface area (Å²) in [5.41, 5.74) is 0.513. The molecule has 0 amide bonds. The molecule has 1 aromatic carbocycles. The number of benzene rings is 1. The lowest BCUT2D eigenvalue weighted by Gasteiger charge is -1.93. The molecular weight excluding hydrogens is 155 g/mol. The van der Waals surface area contributed by atoms with Crippen LogP contribution < -0.4 is 0 Å². The summed E-state index contributed by atoms with van der Waals surface area (Å²) in [6, 6.07) is 6.44. The summed E-state index contributed by atoms with van der Waals surface area (Å²) in [5, 5.41) is 0. The van der Waals surface area contributed by atoms with Crippen LogP contribution in [0.4, 0.5) is 4.39 Å². The van der Waals surface area contributed by atoms with Gasteiger partial charge in [0.15, 0.2) is 0 Å². The second-order valence-electron chi connectivity index (χ2n) is 2.33. The lowest BCUT2D eigenvalue weighted by atomic mass is 10.2. The molecule has 12 heavy (non-hydrogen) atoms. The number of aldehydes is 1. The topological polar surface area (TPSA) is 17.1 Å². The van der Waals surface area contributed by atoms with Gasteiger partial charge in [-0.3, -0.25) is 0 Å². The lowest BCUT2D eigenvalue weighted by Crippen LogP contribution is -1.79. The Bertz CT molecular complexity index is 292. The summed E-state index contributed by atoms with van der Waals surface area (Å²) >= 11 is 0. The summed E-state index contributed by atoms with van der Waals surface area (Å²) in [6.45, 7) is 0. The molecule has 0 spiro atoms. The van der Waals surface area contributed by atoms with Gasteiger partial charge in [0.1, 0.15) is 12.1 Å². The number of halogens is 1. The van der Waals surface area contributed by atoms with Crippen LogP contribution in [0.1, 0.15) is 12.0 Å². The summed E-state index contributed by atoms with van der Waals surface area (Å²) in [4.78, 5) is 9.93. The molecule has 1 aromatic rings. The highest BCUT2D eigenvalue weighted by molar-refractivity contribution is 5.58. The predicted octanol–water partition coefficient (Wildman–Crippen LogP) is 2.43. The fourth-order valence-corrected chi connectivity index (χ4v) is 0.861. The van der Waals surface area contributed by atoms with Gasteiger partial charge in [0, 0.05) is 12.0 Å². The van der Waals surface area contributed by atoms with E-state index >= 15 is 0 Å². The Kier molecular flexibility index (Phi) is 3.20. The lowest BCUT2D eigenvalue weighted by molar-refractivity contribution is -0.107. The summed E-state index contributed by atoms with van der Waals surface area (Å²) in [6.07, 6.45) is 4.33. The van der Waals surface area contributed by atoms with Gasteiger partial charge in [-0.15, -0.1) is 0 Å². The van der Waals surface area contributed by atoms with Gasteiger partial charge in [0.25, 0.3) is 0 Å². The maximum atomic E-state index is 12.9. The molecule has 0 saturated heterocycles. The van der Waals surface area contributed by atoms with Crippen molar-refractivity contribution in [3.63, 3.8) is 0 Å². The van der Waals surface area contributed by atoms with Crippen LogP contribution in [0.5, 0.6) is 0 Å². The Morgan fingerprint density at radius 2 is 2.08 bits per heavy atom. The minimum atomic E-state index is -0.264. The fourth-order valence-electron chi connectivity index (χ4n) is 0.861. The Morgan fingerprint density at radius 1 is 1.33 bits per heavy atom. The van der Waals surface area contributed by atoms with Crippen LogP contribution in [0.15, 0.2) is 30.3 Å². The first-order chi connectivity index (χ1) is 5.84. The SMILES string of the molecule is O=CC/C=C\c1ccccc1F. The van der Waals surface area contributed by atoms with E-state index in [-0.39, 0.29) is 5.82 Å². The molecular formula is C10H9FO. The molecule has 0 saturated carbocycles. The van der Waals surface area contributed by atoms with Gasteiger partial charge in [0.2, 0.25) is 0 Å². The zero-order valence-electron chi connectivity index (χ0n) is 6.53. The molecule has 0 aliphatic heterocycles. The van der Waals surface area contributed by atoms with Crippen molar-refractivity contribution in [1.29, 1.82) is 0 Å². The quantitative estimate of drug-likeness (QED) is 0.627. The Hall–Kier alpha value is -1.44. The normalized spacial score (nSPS) is 10.4. The van der Waals surface area contributed by atoms with Gasteiger partial charge in [-0.05, 0) is 6.07 Å². The molecule has 0 aliphatic rings. The van der Waals surface area contributed by atoms with Crippen molar-refractivity contribution in [2.45, 2.75) is 6.42 Å². The fraction of sp³-hybridized carbons (Fsp3) is 0.100. The van der Waals surface area contributed by atoms with Crippen LogP contribution in [-0.4, -0.2) is 6.29 Å². The molecule has 0 radical (unpaired) electrons. The molecule has 0 N–H and O–H groups in total. The van der Waals surface area contributed by atoms with E-state index in [9.17, 15) is 9.18 Å². The first-order valence-corrected chi connectivity index (χ1v) is 3.69. The molecule has 62 valence electrons. The van der Waals surface area contributed by atoms with Crippen LogP contribution in [0, 0.1) is 5.82 Å². The Labute approximate surface area is 70.5 Å². The molecule has 0 aliphatic carbocycles. The minimum absolute atomic E-state index is 0.264. The highest BCUT2D eigenvalue weighted by Gasteiger charge is 1.93. The largest absolute Gasteiger partial charge is 0.303 e. The standard InChI is InChI=1S/C10H9FO/c11-10-7-2-1-5-9(10)6-3-4-8-12/h1-3,5-8H,4H2/b6-3-. The van der Waals surface area contributed by atoms with Crippen LogP contribution in [-0.2, 0) is 4.79 Å². The first-order valence-electron chi connectivity index (χ1n) is 3.69. The molecule has 0 bridgehead atoms. The van der Waals surface area contributed by atoms with Crippen molar-refractivity contribution in [3.05, 3.63) is 41.7 Å². The number of hydrogen-bond acceptors (Lipinski definition) is 1. The molecule has 1 nitrogen and oxygen atoms in total. The summed E-state index contributed by atoms with van der Waals surface area (Å²) in [5.74, 6) is -0.264. The highest BCUT2D eigenvalue weighted by Crippen LogP contribution is 2.07. The van der Waals surface area contributed by atoms with E-state index in [1.54, 1.807) is 30.4 Å². The van der Waals surface area contributed by atoms with E-state index in [1.807, 2.05) is 0 Å². The summed E-state index contributed by atoms with van der Waals surface area (Å²) < 4.78 is 12.9. The number of carbonyl (C=O) groups is 1. The van der Waals surface area contributed by atoms with Crippen LogP contribution in [0.3, 0.4) is 0 Å². The van der Waals surface area contributed by atoms with Crippen molar-refractivity contribution in [1.82, 2.24) is 0 Å². The Morgan fingerprint density at radius 3 is 2.75 bits per heavy atom. The zero-order chi connectivity index (χ0) is 8.81. The third kappa shape index (κ3) is 2.31. The molecule has 0 unspecified atom stereocenters. The van der Waals surface area contributed by atoms with E-state index in [1.165, 1.54) is 6.07 Å². The number of hydrogen-bond donors (Lipinski definition) is 0. The van der Waals surface area contributed by atoms with E-state index in [0.29, 0.717) is 12.0 Å². The van der Waals surface area contributed by atoms with Crippen molar-refractivity contribution in [2.75, 3.05) is 0 Å². The molecule has 0 aromatic heterocycles. The average Bonchev–Trinajstić information content (AvgIpc) is 2.09. The average molecular weight is 164 g/mol. The van der Waals surface area contributed by atoms with Crippen molar-refractivity contribution < 1.29 is 9.18 Å². The highest BCUT2D eigenvalue weighted by atomic mass is 19.1. The smallest absolute Gasteiger partial charge is 0.130 e. The number of allylic oxidation sites excluding steroid dienone is 1. The van der Waals surface area contributed by atoms with Crippen LogP contribution in [0.2, 0.25) is 0 Å². The predicted molar refractivity (Wildman–Crippen MR) is 46.1 cm³/mol. The third-order valence-corrected chi connectivity index (χ3v) is 1.43. The van der Waals surface area contributed by atoms with Crippen molar-refractivity contribution in [3.8, 4) is 0 Å². The Balaban J connectivity index is 2.74. The van der Waals surface area contributed by atoms with E-state index in [2.05, 4.69) is 0 Å². The molecule has 0 atom stereocenters. The zero-order valence-corrected chi connectivity index (χ0v) is 6.53. The van der Waals surface area contributed by atoms with Gasteiger partial charge >= 0.3 is 0 Å². The van der Waals surface area contributed by atoms with Gasteiger partial charge in [0.05, 0.1) is 0 Å². The molecule has 2 heteroatoms. The number of carbonyl (C=O) groups excluding carboxylic acids is 1. The maximum absolute atomic E-state index is 12.9. The maximum Gasteiger partial charge on any atom is 0.130 e. The third-order valence-electron chi connectivity index (χ3n) is 1.43. The molecule has 0 fully saturated rings. The van der Waals surface area contributed by atoms with Crippen molar-refractivity contribution >= 4 is 12.4 Å². The first kappa shape index (κ1) is 8.65. The van der Waals surface area contributed by atoms with Crippen molar-refractivity contribution in [2.24, 2.45) is 0 Å². The monoisotopic (exact) mass is 164 g/mol. The van der Waals surface area contributed by atoms with E-state index < -0.39 is 0 Å². The second-order valence-corrected chi connectivity index (χ2v) is 2.33. The van der Waals surface area contributed by atoms with Gasteiger partial charge in [-0.2, -0.15) is 0 Å². The van der Waals surface area contributed by atoms with Crippen LogP contribution in [0.25, 0.3) is 6.08 Å². The van der Waals surface area contributed by atoms with Gasteiger partial charge in [-0.1, -0.05) is 30.4 Å². The van der Waals surface area contributed by atoms with Gasteiger partial charge < -0.3 is 4.79 Å².